The molecule has 0 aromatic heterocycles. The lowest BCUT2D eigenvalue weighted by atomic mass is 10.2. The van der Waals surface area contributed by atoms with Gasteiger partial charge in [-0.25, -0.2) is 0 Å². The van der Waals surface area contributed by atoms with E-state index in [2.05, 4.69) is 10.6 Å². The third kappa shape index (κ3) is 3.66. The topological polar surface area (TPSA) is 68.8 Å². The van der Waals surface area contributed by atoms with Gasteiger partial charge in [0, 0.05) is 24.7 Å². The minimum absolute atomic E-state index is 0.0808. The zero-order chi connectivity index (χ0) is 16.1. The van der Waals surface area contributed by atoms with Crippen LogP contribution >= 0.6 is 0 Å². The highest BCUT2D eigenvalue weighted by Crippen LogP contribution is 2.34. The van der Waals surface area contributed by atoms with Crippen LogP contribution in [0.5, 0.6) is 17.2 Å². The van der Waals surface area contributed by atoms with Crippen molar-refractivity contribution in [3.05, 3.63) is 42.5 Å². The standard InChI is InChI=1S/C17H18N2O4/c1-21-14-5-3-2-4-13(14)19-17(20)8-9-18-12-6-7-15-16(10-12)23-11-22-15/h2-7,10,18H,8-9,11H2,1H3,(H,19,20). The van der Waals surface area contributed by atoms with E-state index in [0.717, 1.165) is 11.4 Å². The number of methoxy groups -OCH3 is 1. The molecule has 1 heterocycles. The number of anilines is 2. The van der Waals surface area contributed by atoms with Crippen molar-refractivity contribution >= 4 is 17.3 Å². The van der Waals surface area contributed by atoms with Gasteiger partial charge in [0.2, 0.25) is 12.7 Å². The summed E-state index contributed by atoms with van der Waals surface area (Å²) in [6.07, 6.45) is 0.340. The monoisotopic (exact) mass is 314 g/mol. The summed E-state index contributed by atoms with van der Waals surface area (Å²) in [5.41, 5.74) is 1.56. The second-order valence-corrected chi connectivity index (χ2v) is 4.99. The number of para-hydroxylation sites is 2. The van der Waals surface area contributed by atoms with Gasteiger partial charge in [-0.3, -0.25) is 4.79 Å². The van der Waals surface area contributed by atoms with Crippen LogP contribution in [0, 0.1) is 0 Å². The highest BCUT2D eigenvalue weighted by Gasteiger charge is 2.13. The molecule has 0 aliphatic carbocycles. The molecular formula is C17H18N2O4. The molecule has 0 radical (unpaired) electrons. The van der Waals surface area contributed by atoms with Crippen LogP contribution in [0.1, 0.15) is 6.42 Å². The second-order valence-electron chi connectivity index (χ2n) is 4.99. The molecule has 0 spiro atoms. The molecular weight excluding hydrogens is 296 g/mol. The maximum Gasteiger partial charge on any atom is 0.231 e. The molecule has 1 aliphatic rings. The zero-order valence-electron chi connectivity index (χ0n) is 12.8. The molecule has 0 bridgehead atoms. The predicted octanol–water partition coefficient (Wildman–Crippen LogP) is 2.86. The van der Waals surface area contributed by atoms with Crippen LogP contribution in [-0.2, 0) is 4.79 Å². The fourth-order valence-electron chi connectivity index (χ4n) is 2.29. The van der Waals surface area contributed by atoms with Crippen LogP contribution in [-0.4, -0.2) is 26.4 Å². The number of carbonyl (C=O) groups is 1. The first-order chi connectivity index (χ1) is 11.3. The summed E-state index contributed by atoms with van der Waals surface area (Å²) in [5.74, 6) is 2.02. The molecule has 6 nitrogen and oxygen atoms in total. The van der Waals surface area contributed by atoms with Crippen molar-refractivity contribution in [3.8, 4) is 17.2 Å². The minimum atomic E-state index is -0.0808. The molecule has 2 N–H and O–H groups in total. The third-order valence-corrected chi connectivity index (χ3v) is 3.43. The van der Waals surface area contributed by atoms with Gasteiger partial charge in [0.25, 0.3) is 0 Å². The van der Waals surface area contributed by atoms with Gasteiger partial charge in [0.05, 0.1) is 12.8 Å². The summed E-state index contributed by atoms with van der Waals surface area (Å²) in [4.78, 5) is 12.0. The largest absolute Gasteiger partial charge is 0.495 e. The van der Waals surface area contributed by atoms with Gasteiger partial charge in [-0.1, -0.05) is 12.1 Å². The van der Waals surface area contributed by atoms with Crippen molar-refractivity contribution < 1.29 is 19.0 Å². The second kappa shape index (κ2) is 6.91. The van der Waals surface area contributed by atoms with Gasteiger partial charge in [-0.2, -0.15) is 0 Å². The number of nitrogens with one attached hydrogen (secondary N) is 2. The van der Waals surface area contributed by atoms with Gasteiger partial charge >= 0.3 is 0 Å². The fraction of sp³-hybridized carbons (Fsp3) is 0.235. The van der Waals surface area contributed by atoms with Crippen molar-refractivity contribution in [2.45, 2.75) is 6.42 Å². The molecule has 23 heavy (non-hydrogen) atoms. The van der Waals surface area contributed by atoms with E-state index in [9.17, 15) is 4.79 Å². The lowest BCUT2D eigenvalue weighted by Crippen LogP contribution is -2.16. The zero-order valence-corrected chi connectivity index (χ0v) is 12.8. The lowest BCUT2D eigenvalue weighted by molar-refractivity contribution is -0.116. The summed E-state index contributed by atoms with van der Waals surface area (Å²) in [5, 5.41) is 6.03. The molecule has 6 heteroatoms. The highest BCUT2D eigenvalue weighted by molar-refractivity contribution is 5.92. The Morgan fingerprint density at radius 2 is 2.00 bits per heavy atom. The molecule has 2 aromatic rings. The van der Waals surface area contributed by atoms with E-state index in [0.29, 0.717) is 30.2 Å². The molecule has 0 saturated carbocycles. The van der Waals surface area contributed by atoms with Crippen LogP contribution in [0.2, 0.25) is 0 Å². The summed E-state index contributed by atoms with van der Waals surface area (Å²) in [6.45, 7) is 0.765. The van der Waals surface area contributed by atoms with Gasteiger partial charge in [0.1, 0.15) is 5.75 Å². The quantitative estimate of drug-likeness (QED) is 0.858. The van der Waals surface area contributed by atoms with Crippen LogP contribution in [0.3, 0.4) is 0 Å². The maximum absolute atomic E-state index is 12.0. The average Bonchev–Trinajstić information content (AvgIpc) is 3.03. The van der Waals surface area contributed by atoms with E-state index >= 15 is 0 Å². The molecule has 0 fully saturated rings. The van der Waals surface area contributed by atoms with Gasteiger partial charge < -0.3 is 24.8 Å². The van der Waals surface area contributed by atoms with Crippen molar-refractivity contribution in [2.24, 2.45) is 0 Å². The molecule has 1 amide bonds. The Morgan fingerprint density at radius 1 is 1.17 bits per heavy atom. The van der Waals surface area contributed by atoms with E-state index < -0.39 is 0 Å². The third-order valence-electron chi connectivity index (χ3n) is 3.43. The first-order valence-corrected chi connectivity index (χ1v) is 7.32. The minimum Gasteiger partial charge on any atom is -0.495 e. The van der Waals surface area contributed by atoms with Gasteiger partial charge in [-0.15, -0.1) is 0 Å². The van der Waals surface area contributed by atoms with Crippen molar-refractivity contribution in [1.82, 2.24) is 0 Å². The van der Waals surface area contributed by atoms with Crippen LogP contribution in [0.25, 0.3) is 0 Å². The van der Waals surface area contributed by atoms with E-state index in [1.165, 1.54) is 0 Å². The summed E-state index contributed by atoms with van der Waals surface area (Å²) in [6, 6.07) is 12.9. The van der Waals surface area contributed by atoms with Gasteiger partial charge in [0.15, 0.2) is 11.5 Å². The molecule has 0 atom stereocenters. The number of hydrogen-bond acceptors (Lipinski definition) is 5. The van der Waals surface area contributed by atoms with Gasteiger partial charge in [-0.05, 0) is 24.3 Å². The molecule has 0 unspecified atom stereocenters. The number of carbonyl (C=O) groups excluding carboxylic acids is 1. The Hall–Kier alpha value is -2.89. The maximum atomic E-state index is 12.0. The normalized spacial score (nSPS) is 11.9. The molecule has 2 aromatic carbocycles. The average molecular weight is 314 g/mol. The Bertz CT molecular complexity index is 703. The molecule has 1 aliphatic heterocycles. The number of hydrogen-bond donors (Lipinski definition) is 2. The fourth-order valence-corrected chi connectivity index (χ4v) is 2.29. The first kappa shape index (κ1) is 15.0. The first-order valence-electron chi connectivity index (χ1n) is 7.32. The Morgan fingerprint density at radius 3 is 2.87 bits per heavy atom. The van der Waals surface area contributed by atoms with Crippen molar-refractivity contribution in [2.75, 3.05) is 31.1 Å². The van der Waals surface area contributed by atoms with E-state index in [4.69, 9.17) is 14.2 Å². The Kier molecular flexibility index (Phi) is 4.52. The van der Waals surface area contributed by atoms with Crippen molar-refractivity contribution in [3.63, 3.8) is 0 Å². The van der Waals surface area contributed by atoms with Crippen molar-refractivity contribution in [1.29, 1.82) is 0 Å². The number of fused-ring (bicyclic) bond motifs is 1. The van der Waals surface area contributed by atoms with Crippen LogP contribution < -0.4 is 24.8 Å². The highest BCUT2D eigenvalue weighted by atomic mass is 16.7. The van der Waals surface area contributed by atoms with Crippen LogP contribution in [0.4, 0.5) is 11.4 Å². The Balaban J connectivity index is 1.49. The SMILES string of the molecule is COc1ccccc1NC(=O)CCNc1ccc2c(c1)OCO2. The smallest absolute Gasteiger partial charge is 0.231 e. The number of ether oxygens (including phenoxy) is 3. The van der Waals surface area contributed by atoms with E-state index in [1.54, 1.807) is 13.2 Å². The summed E-state index contributed by atoms with van der Waals surface area (Å²) >= 11 is 0. The number of amides is 1. The molecule has 120 valence electrons. The number of benzene rings is 2. The summed E-state index contributed by atoms with van der Waals surface area (Å²) in [7, 11) is 1.58. The van der Waals surface area contributed by atoms with Crippen LogP contribution in [0.15, 0.2) is 42.5 Å². The van der Waals surface area contributed by atoms with E-state index in [1.807, 2.05) is 36.4 Å². The Labute approximate surface area is 134 Å². The molecule has 3 rings (SSSR count). The lowest BCUT2D eigenvalue weighted by Gasteiger charge is -2.10. The molecule has 0 saturated heterocycles. The summed E-state index contributed by atoms with van der Waals surface area (Å²) < 4.78 is 15.8. The predicted molar refractivity (Wildman–Crippen MR) is 87.3 cm³/mol. The van der Waals surface area contributed by atoms with E-state index in [-0.39, 0.29) is 12.7 Å². The number of rotatable bonds is 6.